The van der Waals surface area contributed by atoms with Gasteiger partial charge in [0.25, 0.3) is 0 Å². The second kappa shape index (κ2) is 5.42. The normalized spacial score (nSPS) is 18.4. The Balaban J connectivity index is 1.88. The average molecular weight is 247 g/mol. The van der Waals surface area contributed by atoms with E-state index in [1.54, 1.807) is 12.1 Å². The van der Waals surface area contributed by atoms with E-state index in [1.165, 1.54) is 6.42 Å². The minimum atomic E-state index is -0.223. The molecule has 1 aromatic carbocycles. The van der Waals surface area contributed by atoms with Crippen LogP contribution in [-0.4, -0.2) is 24.1 Å². The third kappa shape index (κ3) is 3.03. The van der Waals surface area contributed by atoms with E-state index >= 15 is 0 Å². The zero-order chi connectivity index (χ0) is 13.0. The van der Waals surface area contributed by atoms with Gasteiger partial charge in [0.05, 0.1) is 0 Å². The van der Waals surface area contributed by atoms with E-state index < -0.39 is 0 Å². The number of ether oxygens (including phenoxy) is 1. The van der Waals surface area contributed by atoms with Gasteiger partial charge in [0.2, 0.25) is 0 Å². The number of rotatable bonds is 2. The molecule has 2 rings (SSSR count). The number of carbonyl (C=O) groups is 1. The fourth-order valence-electron chi connectivity index (χ4n) is 2.24. The van der Waals surface area contributed by atoms with Crippen molar-refractivity contribution in [3.63, 3.8) is 0 Å². The van der Waals surface area contributed by atoms with Gasteiger partial charge < -0.3 is 9.64 Å². The van der Waals surface area contributed by atoms with E-state index in [2.05, 4.69) is 13.8 Å². The number of benzene rings is 1. The van der Waals surface area contributed by atoms with Crippen LogP contribution in [0.4, 0.5) is 4.79 Å². The molecule has 1 amide bonds. The second-order valence-corrected chi connectivity index (χ2v) is 5.33. The molecule has 3 nitrogen and oxygen atoms in total. The van der Waals surface area contributed by atoms with Crippen molar-refractivity contribution in [2.75, 3.05) is 13.1 Å². The van der Waals surface area contributed by atoms with E-state index in [-0.39, 0.29) is 6.09 Å². The van der Waals surface area contributed by atoms with Gasteiger partial charge in [0, 0.05) is 13.1 Å². The lowest BCUT2D eigenvalue weighted by Crippen LogP contribution is -2.43. The summed E-state index contributed by atoms with van der Waals surface area (Å²) in [6, 6.07) is 9.25. The standard InChI is InChI=1S/C15H21NO2/c1-3-15(2)9-11-16(12-10-15)14(17)18-13-7-5-4-6-8-13/h4-8H,3,9-12H2,1-2H3. The molecule has 18 heavy (non-hydrogen) atoms. The third-order valence-corrected chi connectivity index (χ3v) is 4.03. The van der Waals surface area contributed by atoms with Gasteiger partial charge in [0.15, 0.2) is 0 Å². The van der Waals surface area contributed by atoms with E-state index in [4.69, 9.17) is 4.74 Å². The molecule has 0 atom stereocenters. The highest BCUT2D eigenvalue weighted by molar-refractivity contribution is 5.70. The fourth-order valence-corrected chi connectivity index (χ4v) is 2.24. The molecule has 0 radical (unpaired) electrons. The summed E-state index contributed by atoms with van der Waals surface area (Å²) in [5, 5.41) is 0. The van der Waals surface area contributed by atoms with Crippen LogP contribution in [0.2, 0.25) is 0 Å². The maximum atomic E-state index is 12.0. The van der Waals surface area contributed by atoms with Gasteiger partial charge in [-0.05, 0) is 30.4 Å². The van der Waals surface area contributed by atoms with Crippen molar-refractivity contribution < 1.29 is 9.53 Å². The molecule has 1 aliphatic rings. The minimum Gasteiger partial charge on any atom is -0.410 e. The third-order valence-electron chi connectivity index (χ3n) is 4.03. The molecule has 1 aliphatic heterocycles. The SMILES string of the molecule is CCC1(C)CCN(C(=O)Oc2ccccc2)CC1. The van der Waals surface area contributed by atoms with Crippen molar-refractivity contribution in [3.8, 4) is 5.75 Å². The molecule has 0 bridgehead atoms. The molecule has 0 N–H and O–H groups in total. The molecule has 0 saturated carbocycles. The Morgan fingerprint density at radius 1 is 1.28 bits per heavy atom. The molecule has 0 unspecified atom stereocenters. The smallest absolute Gasteiger partial charge is 0.410 e. The van der Waals surface area contributed by atoms with Crippen LogP contribution < -0.4 is 4.74 Å². The predicted molar refractivity (Wildman–Crippen MR) is 71.7 cm³/mol. The number of amides is 1. The van der Waals surface area contributed by atoms with E-state index in [0.29, 0.717) is 11.2 Å². The van der Waals surface area contributed by atoms with Crippen LogP contribution in [-0.2, 0) is 0 Å². The highest BCUT2D eigenvalue weighted by Crippen LogP contribution is 2.34. The minimum absolute atomic E-state index is 0.223. The molecule has 0 spiro atoms. The molecular formula is C15H21NO2. The van der Waals surface area contributed by atoms with Crippen LogP contribution >= 0.6 is 0 Å². The zero-order valence-corrected chi connectivity index (χ0v) is 11.2. The highest BCUT2D eigenvalue weighted by atomic mass is 16.6. The summed E-state index contributed by atoms with van der Waals surface area (Å²) in [4.78, 5) is 13.8. The van der Waals surface area contributed by atoms with Crippen LogP contribution in [0.3, 0.4) is 0 Å². The summed E-state index contributed by atoms with van der Waals surface area (Å²) < 4.78 is 5.34. The topological polar surface area (TPSA) is 29.5 Å². The number of para-hydroxylation sites is 1. The maximum Gasteiger partial charge on any atom is 0.415 e. The van der Waals surface area contributed by atoms with Gasteiger partial charge in [0.1, 0.15) is 5.75 Å². The van der Waals surface area contributed by atoms with Crippen LogP contribution in [0.1, 0.15) is 33.1 Å². The summed E-state index contributed by atoms with van der Waals surface area (Å²) in [6.45, 7) is 6.12. The molecule has 1 fully saturated rings. The largest absolute Gasteiger partial charge is 0.415 e. The number of piperidine rings is 1. The Hall–Kier alpha value is -1.51. The molecule has 1 saturated heterocycles. The number of hydrogen-bond acceptors (Lipinski definition) is 2. The molecular weight excluding hydrogens is 226 g/mol. The molecule has 0 aromatic heterocycles. The highest BCUT2D eigenvalue weighted by Gasteiger charge is 2.30. The van der Waals surface area contributed by atoms with Crippen molar-refractivity contribution in [3.05, 3.63) is 30.3 Å². The molecule has 3 heteroatoms. The first kappa shape index (κ1) is 12.9. The Labute approximate surface area is 109 Å². The molecule has 1 heterocycles. The Morgan fingerprint density at radius 3 is 2.44 bits per heavy atom. The lowest BCUT2D eigenvalue weighted by Gasteiger charge is -2.38. The van der Waals surface area contributed by atoms with Crippen LogP contribution in [0.15, 0.2) is 30.3 Å². The number of likely N-dealkylation sites (tertiary alicyclic amines) is 1. The van der Waals surface area contributed by atoms with Gasteiger partial charge in [-0.3, -0.25) is 0 Å². The number of nitrogens with zero attached hydrogens (tertiary/aromatic N) is 1. The first-order chi connectivity index (χ1) is 8.63. The zero-order valence-electron chi connectivity index (χ0n) is 11.2. The van der Waals surface area contributed by atoms with E-state index in [9.17, 15) is 4.79 Å². The van der Waals surface area contributed by atoms with E-state index in [0.717, 1.165) is 25.9 Å². The summed E-state index contributed by atoms with van der Waals surface area (Å²) in [5.41, 5.74) is 0.392. The monoisotopic (exact) mass is 247 g/mol. The summed E-state index contributed by atoms with van der Waals surface area (Å²) in [5.74, 6) is 0.617. The fraction of sp³-hybridized carbons (Fsp3) is 0.533. The van der Waals surface area contributed by atoms with Gasteiger partial charge in [-0.1, -0.05) is 38.5 Å². The van der Waals surface area contributed by atoms with E-state index in [1.807, 2.05) is 23.1 Å². The van der Waals surface area contributed by atoms with Crippen molar-refractivity contribution >= 4 is 6.09 Å². The Bertz CT molecular complexity index is 394. The first-order valence-electron chi connectivity index (χ1n) is 6.65. The summed E-state index contributed by atoms with van der Waals surface area (Å²) >= 11 is 0. The number of carbonyl (C=O) groups excluding carboxylic acids is 1. The molecule has 1 aromatic rings. The van der Waals surface area contributed by atoms with Crippen LogP contribution in [0.25, 0.3) is 0 Å². The maximum absolute atomic E-state index is 12.0. The second-order valence-electron chi connectivity index (χ2n) is 5.33. The van der Waals surface area contributed by atoms with Crippen LogP contribution in [0, 0.1) is 5.41 Å². The predicted octanol–water partition coefficient (Wildman–Crippen LogP) is 3.70. The van der Waals surface area contributed by atoms with Crippen molar-refractivity contribution in [1.29, 1.82) is 0 Å². The number of hydrogen-bond donors (Lipinski definition) is 0. The van der Waals surface area contributed by atoms with Gasteiger partial charge in [-0.2, -0.15) is 0 Å². The lowest BCUT2D eigenvalue weighted by molar-refractivity contribution is 0.100. The summed E-state index contributed by atoms with van der Waals surface area (Å²) in [6.07, 6.45) is 3.08. The summed E-state index contributed by atoms with van der Waals surface area (Å²) in [7, 11) is 0. The molecule has 98 valence electrons. The average Bonchev–Trinajstić information content (AvgIpc) is 2.40. The van der Waals surface area contributed by atoms with Crippen molar-refractivity contribution in [2.24, 2.45) is 5.41 Å². The van der Waals surface area contributed by atoms with Gasteiger partial charge in [-0.25, -0.2) is 4.79 Å². The lowest BCUT2D eigenvalue weighted by atomic mass is 9.78. The quantitative estimate of drug-likeness (QED) is 0.797. The first-order valence-corrected chi connectivity index (χ1v) is 6.65. The Kier molecular flexibility index (Phi) is 3.90. The Morgan fingerprint density at radius 2 is 1.89 bits per heavy atom. The van der Waals surface area contributed by atoms with Crippen molar-refractivity contribution in [2.45, 2.75) is 33.1 Å². The molecule has 0 aliphatic carbocycles. The van der Waals surface area contributed by atoms with Gasteiger partial charge in [-0.15, -0.1) is 0 Å². The van der Waals surface area contributed by atoms with Gasteiger partial charge >= 0.3 is 6.09 Å². The van der Waals surface area contributed by atoms with Crippen LogP contribution in [0.5, 0.6) is 5.75 Å². The van der Waals surface area contributed by atoms with Crippen molar-refractivity contribution in [1.82, 2.24) is 4.90 Å².